The Kier molecular flexibility index (Phi) is 3.08. The van der Waals surface area contributed by atoms with E-state index in [-0.39, 0.29) is 17.5 Å². The quantitative estimate of drug-likeness (QED) is 0.622. The summed E-state index contributed by atoms with van der Waals surface area (Å²) >= 11 is 1.09. The number of ketones is 1. The van der Waals surface area contributed by atoms with Crippen molar-refractivity contribution in [2.75, 3.05) is 12.4 Å². The maximum atomic E-state index is 11.0. The molecule has 1 N–H and O–H groups in total. The Morgan fingerprint density at radius 3 is 2.73 bits per heavy atom. The Morgan fingerprint density at radius 2 is 2.27 bits per heavy atom. The highest BCUT2D eigenvalue weighted by Crippen LogP contribution is 2.25. The number of hydrogen-bond acceptors (Lipinski definition) is 4. The summed E-state index contributed by atoms with van der Waals surface area (Å²) in [4.78, 5) is 21.9. The zero-order chi connectivity index (χ0) is 8.27. The minimum atomic E-state index is -0.424. The molecular weight excluding hydrogens is 164 g/mol. The fourth-order valence-electron chi connectivity index (χ4n) is 1.05. The molecule has 1 unspecified atom stereocenters. The first-order valence-corrected chi connectivity index (χ1v) is 4.54. The molecule has 0 bridgehead atoms. The van der Waals surface area contributed by atoms with E-state index in [0.29, 0.717) is 18.6 Å². The van der Waals surface area contributed by atoms with Gasteiger partial charge >= 0.3 is 0 Å². The van der Waals surface area contributed by atoms with Crippen LogP contribution in [0, 0.1) is 5.92 Å². The number of carbonyl (C=O) groups excluding carboxylic acids is 2. The zero-order valence-corrected chi connectivity index (χ0v) is 6.89. The number of thioether (sulfide) groups is 1. The Morgan fingerprint density at radius 1 is 1.55 bits per heavy atom. The lowest BCUT2D eigenvalue weighted by Gasteiger charge is -2.01. The molecular formula is C7H10O3S. The van der Waals surface area contributed by atoms with E-state index in [1.807, 2.05) is 0 Å². The van der Waals surface area contributed by atoms with Gasteiger partial charge in [-0.1, -0.05) is 11.8 Å². The Bertz CT molecular complexity index is 163. The minimum absolute atomic E-state index is 0.0217. The number of rotatable bonds is 3. The third-order valence-corrected chi connectivity index (χ3v) is 2.68. The normalized spacial score (nSPS) is 24.6. The molecule has 11 heavy (non-hydrogen) atoms. The van der Waals surface area contributed by atoms with Crippen molar-refractivity contribution in [3.63, 3.8) is 0 Å². The van der Waals surface area contributed by atoms with Crippen molar-refractivity contribution in [3.8, 4) is 0 Å². The average molecular weight is 174 g/mol. The van der Waals surface area contributed by atoms with Gasteiger partial charge in [0.05, 0.1) is 11.7 Å². The van der Waals surface area contributed by atoms with Crippen LogP contribution < -0.4 is 0 Å². The molecule has 1 aliphatic rings. The molecule has 1 fully saturated rings. The maximum Gasteiger partial charge on any atom is 0.199 e. The molecule has 1 heterocycles. The SMILES string of the molecule is O=C1CSC(=O)C1CCCO. The van der Waals surface area contributed by atoms with Gasteiger partial charge in [-0.3, -0.25) is 9.59 Å². The summed E-state index contributed by atoms with van der Waals surface area (Å²) in [6.45, 7) is 0.0573. The van der Waals surface area contributed by atoms with Gasteiger partial charge in [0.2, 0.25) is 0 Å². The number of aliphatic hydroxyl groups excluding tert-OH is 1. The lowest BCUT2D eigenvalue weighted by atomic mass is 10.0. The fraction of sp³-hybridized carbons (Fsp3) is 0.714. The molecule has 0 saturated carbocycles. The molecule has 62 valence electrons. The van der Waals surface area contributed by atoms with Crippen LogP contribution in [-0.2, 0) is 9.59 Å². The highest BCUT2D eigenvalue weighted by molar-refractivity contribution is 8.15. The van der Waals surface area contributed by atoms with Gasteiger partial charge in [-0.15, -0.1) is 0 Å². The van der Waals surface area contributed by atoms with Gasteiger partial charge in [0.15, 0.2) is 10.9 Å². The summed E-state index contributed by atoms with van der Waals surface area (Å²) in [5.41, 5.74) is 0. The van der Waals surface area contributed by atoms with Crippen molar-refractivity contribution in [2.45, 2.75) is 12.8 Å². The molecule has 1 saturated heterocycles. The van der Waals surface area contributed by atoms with Crippen LogP contribution in [0.2, 0.25) is 0 Å². The second-order valence-electron chi connectivity index (χ2n) is 2.49. The molecule has 0 aromatic carbocycles. The van der Waals surface area contributed by atoms with Gasteiger partial charge in [0, 0.05) is 6.61 Å². The molecule has 0 spiro atoms. The highest BCUT2D eigenvalue weighted by Gasteiger charge is 2.32. The van der Waals surface area contributed by atoms with E-state index < -0.39 is 5.92 Å². The van der Waals surface area contributed by atoms with Crippen molar-refractivity contribution < 1.29 is 14.7 Å². The van der Waals surface area contributed by atoms with Crippen LogP contribution >= 0.6 is 11.8 Å². The van der Waals surface area contributed by atoms with Crippen molar-refractivity contribution in [1.29, 1.82) is 0 Å². The smallest absolute Gasteiger partial charge is 0.199 e. The standard InChI is InChI=1S/C7H10O3S/c8-3-1-2-5-6(9)4-11-7(5)10/h5,8H,1-4H2. The van der Waals surface area contributed by atoms with Gasteiger partial charge in [0.25, 0.3) is 0 Å². The monoisotopic (exact) mass is 174 g/mol. The maximum absolute atomic E-state index is 11.0. The van der Waals surface area contributed by atoms with Crippen LogP contribution in [0.1, 0.15) is 12.8 Å². The van der Waals surface area contributed by atoms with E-state index in [4.69, 9.17) is 5.11 Å². The summed E-state index contributed by atoms with van der Waals surface area (Å²) < 4.78 is 0. The Hall–Kier alpha value is -0.350. The van der Waals surface area contributed by atoms with Gasteiger partial charge < -0.3 is 5.11 Å². The lowest BCUT2D eigenvalue weighted by Crippen LogP contribution is -2.14. The molecule has 0 aromatic rings. The van der Waals surface area contributed by atoms with Crippen molar-refractivity contribution >= 4 is 22.7 Å². The fourth-order valence-corrected chi connectivity index (χ4v) is 1.99. The van der Waals surface area contributed by atoms with E-state index in [9.17, 15) is 9.59 Å². The molecule has 1 rings (SSSR count). The summed E-state index contributed by atoms with van der Waals surface area (Å²) in [5.74, 6) is -0.0739. The number of aliphatic hydroxyl groups is 1. The van der Waals surface area contributed by atoms with Crippen molar-refractivity contribution in [1.82, 2.24) is 0 Å². The highest BCUT2D eigenvalue weighted by atomic mass is 32.2. The van der Waals surface area contributed by atoms with E-state index in [1.165, 1.54) is 0 Å². The second-order valence-corrected chi connectivity index (χ2v) is 3.47. The van der Waals surface area contributed by atoms with Crippen molar-refractivity contribution in [3.05, 3.63) is 0 Å². The minimum Gasteiger partial charge on any atom is -0.396 e. The van der Waals surface area contributed by atoms with Gasteiger partial charge in [-0.25, -0.2) is 0 Å². The number of carbonyl (C=O) groups is 2. The van der Waals surface area contributed by atoms with Crippen molar-refractivity contribution in [2.24, 2.45) is 5.92 Å². The predicted octanol–water partition coefficient (Wildman–Crippen LogP) is 0.218. The van der Waals surface area contributed by atoms with E-state index in [1.54, 1.807) is 0 Å². The third kappa shape index (κ3) is 2.04. The molecule has 1 aliphatic heterocycles. The van der Waals surface area contributed by atoms with Crippen LogP contribution in [0.25, 0.3) is 0 Å². The lowest BCUT2D eigenvalue weighted by molar-refractivity contribution is -0.125. The largest absolute Gasteiger partial charge is 0.396 e. The number of hydrogen-bond donors (Lipinski definition) is 1. The van der Waals surface area contributed by atoms with Crippen LogP contribution in [0.15, 0.2) is 0 Å². The van der Waals surface area contributed by atoms with Crippen LogP contribution in [0.3, 0.4) is 0 Å². The molecule has 0 aliphatic carbocycles. The predicted molar refractivity (Wildman–Crippen MR) is 42.3 cm³/mol. The van der Waals surface area contributed by atoms with E-state index >= 15 is 0 Å². The molecule has 4 heteroatoms. The summed E-state index contributed by atoms with van der Waals surface area (Å²) in [5, 5.41) is 8.45. The van der Waals surface area contributed by atoms with Crippen LogP contribution in [0.4, 0.5) is 0 Å². The summed E-state index contributed by atoms with van der Waals surface area (Å²) in [7, 11) is 0. The molecule has 0 radical (unpaired) electrons. The molecule has 3 nitrogen and oxygen atoms in total. The average Bonchev–Trinajstić information content (AvgIpc) is 2.29. The molecule has 0 aromatic heterocycles. The topological polar surface area (TPSA) is 54.4 Å². The first-order chi connectivity index (χ1) is 5.25. The Labute approximate surface area is 69.2 Å². The Balaban J connectivity index is 2.41. The molecule has 1 atom stereocenters. The van der Waals surface area contributed by atoms with Crippen LogP contribution in [-0.4, -0.2) is 28.4 Å². The second kappa shape index (κ2) is 3.88. The zero-order valence-electron chi connectivity index (χ0n) is 6.08. The molecule has 0 amide bonds. The third-order valence-electron chi connectivity index (χ3n) is 1.68. The number of Topliss-reactive ketones (excluding diaryl/α,β-unsaturated/α-hetero) is 1. The summed E-state index contributed by atoms with van der Waals surface area (Å²) in [6, 6.07) is 0. The van der Waals surface area contributed by atoms with Gasteiger partial charge in [-0.2, -0.15) is 0 Å². The van der Waals surface area contributed by atoms with E-state index in [2.05, 4.69) is 0 Å². The van der Waals surface area contributed by atoms with E-state index in [0.717, 1.165) is 11.8 Å². The first-order valence-electron chi connectivity index (χ1n) is 3.56. The first kappa shape index (κ1) is 8.74. The summed E-state index contributed by atoms with van der Waals surface area (Å²) in [6.07, 6.45) is 1.06. The van der Waals surface area contributed by atoms with Gasteiger partial charge in [-0.05, 0) is 12.8 Å². The van der Waals surface area contributed by atoms with Gasteiger partial charge in [0.1, 0.15) is 0 Å². The van der Waals surface area contributed by atoms with Crippen LogP contribution in [0.5, 0.6) is 0 Å².